The maximum absolute atomic E-state index is 11.8. The highest BCUT2D eigenvalue weighted by molar-refractivity contribution is 9.10. The van der Waals surface area contributed by atoms with Gasteiger partial charge in [0, 0.05) is 17.1 Å². The number of carbonyl (C=O) groups excluding carboxylic acids is 2. The quantitative estimate of drug-likeness (QED) is 0.782. The van der Waals surface area contributed by atoms with Gasteiger partial charge in [-0.25, -0.2) is 0 Å². The fourth-order valence-electron chi connectivity index (χ4n) is 1.56. The van der Waals surface area contributed by atoms with Crippen LogP contribution in [0.25, 0.3) is 6.08 Å². The molecule has 0 saturated carbocycles. The van der Waals surface area contributed by atoms with Gasteiger partial charge in [0.1, 0.15) is 11.8 Å². The van der Waals surface area contributed by atoms with Crippen LogP contribution in [0.3, 0.4) is 0 Å². The highest BCUT2D eigenvalue weighted by Crippen LogP contribution is 2.33. The summed E-state index contributed by atoms with van der Waals surface area (Å²) in [5.74, 6) is 0.142. The number of halogens is 1. The number of benzene rings is 1. The van der Waals surface area contributed by atoms with Crippen LogP contribution in [0, 0.1) is 11.3 Å². The first-order valence-electron chi connectivity index (χ1n) is 5.54. The molecular weight excluding hydrogens is 344 g/mol. The lowest BCUT2D eigenvalue weighted by molar-refractivity contribution is -0.121. The van der Waals surface area contributed by atoms with Gasteiger partial charge in [0.05, 0.1) is 4.91 Å². The number of rotatable bonds is 3. The average Bonchev–Trinajstić information content (AvgIpc) is 2.66. The van der Waals surface area contributed by atoms with Crippen LogP contribution in [0.15, 0.2) is 27.6 Å². The van der Waals surface area contributed by atoms with E-state index < -0.39 is 0 Å². The molecule has 0 N–H and O–H groups in total. The monoisotopic (exact) mass is 352 g/mol. The summed E-state index contributed by atoms with van der Waals surface area (Å²) >= 11 is 4.21. The van der Waals surface area contributed by atoms with Crippen molar-refractivity contribution in [3.63, 3.8) is 0 Å². The predicted octanol–water partition coefficient (Wildman–Crippen LogP) is 3.02. The molecule has 1 fully saturated rings. The first-order chi connectivity index (χ1) is 9.52. The predicted molar refractivity (Wildman–Crippen MR) is 79.0 cm³/mol. The van der Waals surface area contributed by atoms with Crippen LogP contribution in [0.4, 0.5) is 4.79 Å². The lowest BCUT2D eigenvalue weighted by Crippen LogP contribution is -2.22. The van der Waals surface area contributed by atoms with Crippen molar-refractivity contribution < 1.29 is 14.3 Å². The molecule has 1 aromatic rings. The molecule has 102 valence electrons. The molecular formula is C13H9BrN2O3S. The molecule has 0 spiro atoms. The minimum absolute atomic E-state index is 0.0856. The van der Waals surface area contributed by atoms with Crippen LogP contribution in [-0.2, 0) is 4.79 Å². The summed E-state index contributed by atoms with van der Waals surface area (Å²) in [6.07, 6.45) is 1.59. The van der Waals surface area contributed by atoms with Gasteiger partial charge in [-0.1, -0.05) is 15.9 Å². The van der Waals surface area contributed by atoms with Crippen molar-refractivity contribution >= 4 is 44.9 Å². The molecule has 0 bridgehead atoms. The van der Waals surface area contributed by atoms with Crippen LogP contribution >= 0.6 is 27.7 Å². The summed E-state index contributed by atoms with van der Waals surface area (Å²) in [6, 6.07) is 7.12. The van der Waals surface area contributed by atoms with Crippen molar-refractivity contribution in [2.75, 3.05) is 13.7 Å². The molecule has 0 aromatic heterocycles. The van der Waals surface area contributed by atoms with Crippen molar-refractivity contribution in [1.82, 2.24) is 4.90 Å². The summed E-state index contributed by atoms with van der Waals surface area (Å²) in [7, 11) is 1.44. The highest BCUT2D eigenvalue weighted by Gasteiger charge is 2.32. The third kappa shape index (κ3) is 3.03. The number of likely N-dealkylation sites (N-methyl/N-ethyl adjacent to an activating group) is 1. The SMILES string of the molecule is CN1C(=O)S/C(=C\c2cc(Br)ccc2OCC#N)C1=O. The van der Waals surface area contributed by atoms with E-state index in [2.05, 4.69) is 15.9 Å². The number of hydrogen-bond donors (Lipinski definition) is 0. The van der Waals surface area contributed by atoms with E-state index in [-0.39, 0.29) is 17.8 Å². The fraction of sp³-hybridized carbons (Fsp3) is 0.154. The van der Waals surface area contributed by atoms with Gasteiger partial charge in [0.15, 0.2) is 6.61 Å². The normalized spacial score (nSPS) is 16.6. The molecule has 1 saturated heterocycles. The smallest absolute Gasteiger partial charge is 0.293 e. The van der Waals surface area contributed by atoms with Crippen molar-refractivity contribution in [2.45, 2.75) is 0 Å². The number of amides is 2. The van der Waals surface area contributed by atoms with Gasteiger partial charge in [-0.05, 0) is 36.0 Å². The average molecular weight is 353 g/mol. The molecule has 0 atom stereocenters. The second-order valence-electron chi connectivity index (χ2n) is 3.87. The molecule has 1 aromatic carbocycles. The lowest BCUT2D eigenvalue weighted by atomic mass is 10.2. The van der Waals surface area contributed by atoms with E-state index in [0.29, 0.717) is 16.2 Å². The number of nitriles is 1. The lowest BCUT2D eigenvalue weighted by Gasteiger charge is -2.07. The van der Waals surface area contributed by atoms with E-state index in [1.54, 1.807) is 24.3 Å². The second-order valence-corrected chi connectivity index (χ2v) is 5.78. The molecule has 1 aliphatic heterocycles. The molecule has 7 heteroatoms. The first kappa shape index (κ1) is 14.6. The molecule has 20 heavy (non-hydrogen) atoms. The first-order valence-corrected chi connectivity index (χ1v) is 7.14. The molecule has 0 aliphatic carbocycles. The van der Waals surface area contributed by atoms with E-state index in [4.69, 9.17) is 10.00 Å². The maximum Gasteiger partial charge on any atom is 0.293 e. The Bertz CT molecular complexity index is 652. The zero-order chi connectivity index (χ0) is 14.7. The summed E-state index contributed by atoms with van der Waals surface area (Å²) in [5.41, 5.74) is 0.633. The fourth-order valence-corrected chi connectivity index (χ4v) is 2.76. The number of ether oxygens (including phenoxy) is 1. The molecule has 2 rings (SSSR count). The largest absolute Gasteiger partial charge is 0.478 e. The van der Waals surface area contributed by atoms with Crippen molar-refractivity contribution in [2.24, 2.45) is 0 Å². The Hall–Kier alpha value is -1.78. The molecule has 5 nitrogen and oxygen atoms in total. The second kappa shape index (κ2) is 6.11. The Balaban J connectivity index is 2.37. The van der Waals surface area contributed by atoms with Crippen molar-refractivity contribution in [1.29, 1.82) is 5.26 Å². The van der Waals surface area contributed by atoms with E-state index in [9.17, 15) is 9.59 Å². The number of nitrogens with zero attached hydrogens (tertiary/aromatic N) is 2. The highest BCUT2D eigenvalue weighted by atomic mass is 79.9. The van der Waals surface area contributed by atoms with Crippen LogP contribution < -0.4 is 4.74 Å². The molecule has 0 unspecified atom stereocenters. The van der Waals surface area contributed by atoms with E-state index in [0.717, 1.165) is 21.1 Å². The zero-order valence-electron chi connectivity index (χ0n) is 10.4. The standard InChI is InChI=1S/C13H9BrN2O3S/c1-16-12(17)11(20-13(16)18)7-8-6-9(14)2-3-10(8)19-5-4-15/h2-3,6-7H,5H2,1H3/b11-7-. The van der Waals surface area contributed by atoms with E-state index >= 15 is 0 Å². The molecule has 1 aliphatic rings. The molecule has 1 heterocycles. The van der Waals surface area contributed by atoms with E-state index in [1.807, 2.05) is 6.07 Å². The number of hydrogen-bond acceptors (Lipinski definition) is 5. The van der Waals surface area contributed by atoms with E-state index in [1.165, 1.54) is 7.05 Å². The van der Waals surface area contributed by atoms with Gasteiger partial charge in [0.2, 0.25) is 0 Å². The summed E-state index contributed by atoms with van der Waals surface area (Å²) < 4.78 is 6.10. The third-order valence-corrected chi connectivity index (χ3v) is 3.99. The Morgan fingerprint density at radius 2 is 2.25 bits per heavy atom. The van der Waals surface area contributed by atoms with Gasteiger partial charge < -0.3 is 4.74 Å². The zero-order valence-corrected chi connectivity index (χ0v) is 12.8. The van der Waals surface area contributed by atoms with Crippen LogP contribution in [0.1, 0.15) is 5.56 Å². The Kier molecular flexibility index (Phi) is 4.47. The maximum atomic E-state index is 11.8. The van der Waals surface area contributed by atoms with Gasteiger partial charge in [-0.2, -0.15) is 5.26 Å². The summed E-state index contributed by atoms with van der Waals surface area (Å²) in [4.78, 5) is 24.7. The Morgan fingerprint density at radius 1 is 1.50 bits per heavy atom. The van der Waals surface area contributed by atoms with Crippen molar-refractivity contribution in [3.8, 4) is 11.8 Å². The minimum Gasteiger partial charge on any atom is -0.478 e. The van der Waals surface area contributed by atoms with Gasteiger partial charge in [-0.15, -0.1) is 0 Å². The third-order valence-electron chi connectivity index (χ3n) is 2.54. The van der Waals surface area contributed by atoms with Gasteiger partial charge in [-0.3, -0.25) is 14.5 Å². The number of imide groups is 1. The van der Waals surface area contributed by atoms with Crippen LogP contribution in [-0.4, -0.2) is 29.7 Å². The summed E-state index contributed by atoms with van der Waals surface area (Å²) in [5, 5.41) is 8.25. The summed E-state index contributed by atoms with van der Waals surface area (Å²) in [6.45, 7) is -0.0856. The Labute approximate surface area is 128 Å². The number of carbonyl (C=O) groups is 2. The van der Waals surface area contributed by atoms with Gasteiger partial charge in [0.25, 0.3) is 11.1 Å². The van der Waals surface area contributed by atoms with Gasteiger partial charge >= 0.3 is 0 Å². The topological polar surface area (TPSA) is 70.4 Å². The Morgan fingerprint density at radius 3 is 2.85 bits per heavy atom. The molecule has 0 radical (unpaired) electrons. The number of thioether (sulfide) groups is 1. The van der Waals surface area contributed by atoms with Crippen molar-refractivity contribution in [3.05, 3.63) is 33.1 Å². The molecule has 2 amide bonds. The minimum atomic E-state index is -0.341. The van der Waals surface area contributed by atoms with Crippen LogP contribution in [0.5, 0.6) is 5.75 Å². The van der Waals surface area contributed by atoms with Crippen LogP contribution in [0.2, 0.25) is 0 Å².